The van der Waals surface area contributed by atoms with Crippen molar-refractivity contribution in [3.05, 3.63) is 48.3 Å². The van der Waals surface area contributed by atoms with Gasteiger partial charge in [0.2, 0.25) is 5.91 Å². The van der Waals surface area contributed by atoms with E-state index < -0.39 is 5.97 Å². The Labute approximate surface area is 109 Å². The van der Waals surface area contributed by atoms with Gasteiger partial charge in [0.25, 0.3) is 0 Å². The van der Waals surface area contributed by atoms with Crippen LogP contribution < -0.4 is 5.32 Å². The number of rotatable bonds is 5. The number of carboxylic acid groups (broad SMARTS) is 1. The van der Waals surface area contributed by atoms with Crippen molar-refractivity contribution < 1.29 is 14.7 Å². The van der Waals surface area contributed by atoms with Crippen molar-refractivity contribution in [1.82, 2.24) is 9.78 Å². The number of benzene rings is 1. The van der Waals surface area contributed by atoms with Gasteiger partial charge in [-0.1, -0.05) is 18.2 Å². The molecule has 0 aliphatic carbocycles. The third-order valence-corrected chi connectivity index (χ3v) is 2.50. The Morgan fingerprint density at radius 3 is 2.74 bits per heavy atom. The molecule has 0 atom stereocenters. The Morgan fingerprint density at radius 1 is 1.26 bits per heavy atom. The molecule has 2 rings (SSSR count). The second kappa shape index (κ2) is 5.81. The van der Waals surface area contributed by atoms with Crippen LogP contribution in [0.15, 0.2) is 42.7 Å². The molecule has 0 fully saturated rings. The minimum atomic E-state index is -0.936. The lowest BCUT2D eigenvalue weighted by molar-refractivity contribution is -0.136. The number of aliphatic carboxylic acids is 1. The highest BCUT2D eigenvalue weighted by molar-refractivity contribution is 5.92. The fourth-order valence-corrected chi connectivity index (χ4v) is 1.69. The molecule has 1 aromatic carbocycles. The standard InChI is InChI=1S/C13H13N3O3/c17-12(9-16-7-3-6-14-16)15-11-5-2-1-4-10(11)8-13(18)19/h1-7H,8-9H2,(H,15,17)(H,18,19). The van der Waals surface area contributed by atoms with E-state index in [-0.39, 0.29) is 18.9 Å². The van der Waals surface area contributed by atoms with Gasteiger partial charge in [0, 0.05) is 18.1 Å². The van der Waals surface area contributed by atoms with Crippen molar-refractivity contribution in [2.75, 3.05) is 5.32 Å². The number of nitrogens with one attached hydrogen (secondary N) is 1. The summed E-state index contributed by atoms with van der Waals surface area (Å²) < 4.78 is 1.50. The van der Waals surface area contributed by atoms with Gasteiger partial charge >= 0.3 is 5.97 Å². The number of aromatic nitrogens is 2. The molecule has 98 valence electrons. The van der Waals surface area contributed by atoms with Crippen LogP contribution in [0.4, 0.5) is 5.69 Å². The van der Waals surface area contributed by atoms with E-state index in [1.54, 1.807) is 42.7 Å². The Kier molecular flexibility index (Phi) is 3.92. The topological polar surface area (TPSA) is 84.2 Å². The fraction of sp³-hybridized carbons (Fsp3) is 0.154. The monoisotopic (exact) mass is 259 g/mol. The molecule has 2 aromatic rings. The SMILES string of the molecule is O=C(O)Cc1ccccc1NC(=O)Cn1cccn1. The first-order valence-corrected chi connectivity index (χ1v) is 5.72. The molecule has 1 amide bonds. The van der Waals surface area contributed by atoms with Crippen molar-refractivity contribution in [2.24, 2.45) is 0 Å². The number of carbonyl (C=O) groups is 2. The zero-order valence-corrected chi connectivity index (χ0v) is 10.1. The van der Waals surface area contributed by atoms with Crippen molar-refractivity contribution in [1.29, 1.82) is 0 Å². The number of carbonyl (C=O) groups excluding carboxylic acids is 1. The van der Waals surface area contributed by atoms with Gasteiger partial charge in [-0.25, -0.2) is 0 Å². The lowest BCUT2D eigenvalue weighted by Crippen LogP contribution is -2.20. The highest BCUT2D eigenvalue weighted by Gasteiger charge is 2.09. The zero-order valence-electron chi connectivity index (χ0n) is 10.1. The molecule has 0 spiro atoms. The predicted octanol–water partition coefficient (Wildman–Crippen LogP) is 1.15. The van der Waals surface area contributed by atoms with E-state index in [2.05, 4.69) is 10.4 Å². The third kappa shape index (κ3) is 3.67. The normalized spacial score (nSPS) is 10.1. The quantitative estimate of drug-likeness (QED) is 0.843. The summed E-state index contributed by atoms with van der Waals surface area (Å²) in [5, 5.41) is 15.4. The molecule has 0 saturated carbocycles. The molecule has 1 heterocycles. The summed E-state index contributed by atoms with van der Waals surface area (Å²) >= 11 is 0. The predicted molar refractivity (Wildman–Crippen MR) is 68.6 cm³/mol. The smallest absolute Gasteiger partial charge is 0.307 e. The van der Waals surface area contributed by atoms with Crippen molar-refractivity contribution in [3.63, 3.8) is 0 Å². The van der Waals surface area contributed by atoms with Crippen LogP contribution in [0.3, 0.4) is 0 Å². The van der Waals surface area contributed by atoms with Crippen LogP contribution in [-0.2, 0) is 22.6 Å². The molecule has 6 nitrogen and oxygen atoms in total. The van der Waals surface area contributed by atoms with Gasteiger partial charge < -0.3 is 10.4 Å². The molecular formula is C13H13N3O3. The zero-order chi connectivity index (χ0) is 13.7. The van der Waals surface area contributed by atoms with Crippen LogP contribution in [0.2, 0.25) is 0 Å². The number of hydrogen-bond donors (Lipinski definition) is 2. The Morgan fingerprint density at radius 2 is 2.05 bits per heavy atom. The van der Waals surface area contributed by atoms with Gasteiger partial charge in [0.15, 0.2) is 0 Å². The summed E-state index contributed by atoms with van der Waals surface area (Å²) in [5.74, 6) is -1.18. The maximum Gasteiger partial charge on any atom is 0.307 e. The first-order valence-electron chi connectivity index (χ1n) is 5.72. The second-order valence-corrected chi connectivity index (χ2v) is 3.98. The molecule has 0 radical (unpaired) electrons. The van der Waals surface area contributed by atoms with Crippen LogP contribution in [0.25, 0.3) is 0 Å². The summed E-state index contributed by atoms with van der Waals surface area (Å²) in [4.78, 5) is 22.5. The summed E-state index contributed by atoms with van der Waals surface area (Å²) in [6.07, 6.45) is 3.15. The highest BCUT2D eigenvalue weighted by atomic mass is 16.4. The van der Waals surface area contributed by atoms with Gasteiger partial charge in [-0.2, -0.15) is 5.10 Å². The summed E-state index contributed by atoms with van der Waals surface area (Å²) in [6, 6.07) is 8.57. The molecular weight excluding hydrogens is 246 g/mol. The average molecular weight is 259 g/mol. The third-order valence-electron chi connectivity index (χ3n) is 2.50. The van der Waals surface area contributed by atoms with E-state index in [0.29, 0.717) is 11.3 Å². The Bertz CT molecular complexity index is 579. The van der Waals surface area contributed by atoms with E-state index in [0.717, 1.165) is 0 Å². The summed E-state index contributed by atoms with van der Waals surface area (Å²) in [6.45, 7) is 0.0917. The summed E-state index contributed by atoms with van der Waals surface area (Å²) in [5.41, 5.74) is 1.09. The summed E-state index contributed by atoms with van der Waals surface area (Å²) in [7, 11) is 0. The largest absolute Gasteiger partial charge is 0.481 e. The highest BCUT2D eigenvalue weighted by Crippen LogP contribution is 2.15. The fourth-order valence-electron chi connectivity index (χ4n) is 1.69. The van der Waals surface area contributed by atoms with E-state index >= 15 is 0 Å². The molecule has 19 heavy (non-hydrogen) atoms. The van der Waals surface area contributed by atoms with Crippen LogP contribution in [-0.4, -0.2) is 26.8 Å². The van der Waals surface area contributed by atoms with E-state index in [9.17, 15) is 9.59 Å². The number of amides is 1. The van der Waals surface area contributed by atoms with Crippen LogP contribution >= 0.6 is 0 Å². The van der Waals surface area contributed by atoms with Gasteiger partial charge in [-0.05, 0) is 17.7 Å². The molecule has 0 unspecified atom stereocenters. The molecule has 1 aromatic heterocycles. The lowest BCUT2D eigenvalue weighted by atomic mass is 10.1. The van der Waals surface area contributed by atoms with Gasteiger partial charge in [-0.3, -0.25) is 14.3 Å². The Hall–Kier alpha value is -2.63. The van der Waals surface area contributed by atoms with E-state index in [4.69, 9.17) is 5.11 Å². The molecule has 6 heteroatoms. The number of carboxylic acids is 1. The molecule has 0 aliphatic heterocycles. The van der Waals surface area contributed by atoms with Gasteiger partial charge in [0.05, 0.1) is 6.42 Å². The molecule has 0 aliphatic rings. The first kappa shape index (κ1) is 12.8. The average Bonchev–Trinajstić information content (AvgIpc) is 2.83. The lowest BCUT2D eigenvalue weighted by Gasteiger charge is -2.09. The van der Waals surface area contributed by atoms with Crippen LogP contribution in [0.5, 0.6) is 0 Å². The second-order valence-electron chi connectivity index (χ2n) is 3.98. The minimum absolute atomic E-state index is 0.0917. The van der Waals surface area contributed by atoms with Crippen molar-refractivity contribution >= 4 is 17.6 Å². The molecule has 0 saturated heterocycles. The van der Waals surface area contributed by atoms with E-state index in [1.165, 1.54) is 4.68 Å². The number of nitrogens with zero attached hydrogens (tertiary/aromatic N) is 2. The number of anilines is 1. The molecule has 0 bridgehead atoms. The van der Waals surface area contributed by atoms with E-state index in [1.807, 2.05) is 0 Å². The van der Waals surface area contributed by atoms with Crippen LogP contribution in [0, 0.1) is 0 Å². The number of hydrogen-bond acceptors (Lipinski definition) is 3. The molecule has 2 N–H and O–H groups in total. The Balaban J connectivity index is 2.06. The van der Waals surface area contributed by atoms with Crippen molar-refractivity contribution in [3.8, 4) is 0 Å². The minimum Gasteiger partial charge on any atom is -0.481 e. The van der Waals surface area contributed by atoms with Gasteiger partial charge in [0.1, 0.15) is 6.54 Å². The maximum absolute atomic E-state index is 11.8. The van der Waals surface area contributed by atoms with Gasteiger partial charge in [-0.15, -0.1) is 0 Å². The van der Waals surface area contributed by atoms with Crippen LogP contribution in [0.1, 0.15) is 5.56 Å². The van der Waals surface area contributed by atoms with Crippen molar-refractivity contribution in [2.45, 2.75) is 13.0 Å². The first-order chi connectivity index (χ1) is 9.15. The number of para-hydroxylation sites is 1. The maximum atomic E-state index is 11.8.